The summed E-state index contributed by atoms with van der Waals surface area (Å²) >= 11 is 0. The minimum atomic E-state index is 0.00407. The largest absolute Gasteiger partial charge is 0.497 e. The molecule has 4 heteroatoms. The topological polar surface area (TPSA) is 52.1 Å². The Morgan fingerprint density at radius 1 is 1.29 bits per heavy atom. The van der Waals surface area contributed by atoms with Gasteiger partial charge in [-0.05, 0) is 24.3 Å². The van der Waals surface area contributed by atoms with Crippen LogP contribution in [0.1, 0.15) is 16.1 Å². The van der Waals surface area contributed by atoms with Crippen molar-refractivity contribution in [2.45, 2.75) is 6.42 Å². The van der Waals surface area contributed by atoms with Gasteiger partial charge in [0, 0.05) is 11.8 Å². The van der Waals surface area contributed by atoms with Crippen LogP contribution in [0.4, 0.5) is 0 Å². The molecule has 2 aromatic rings. The minimum Gasteiger partial charge on any atom is -0.497 e. The average molecular weight is 228 g/mol. The van der Waals surface area contributed by atoms with Crippen LogP contribution in [0.25, 0.3) is 0 Å². The molecule has 1 heterocycles. The molecule has 0 saturated heterocycles. The quantitative estimate of drug-likeness (QED) is 0.750. The summed E-state index contributed by atoms with van der Waals surface area (Å²) in [5.74, 6) is 0.680. The number of ketones is 1. The van der Waals surface area contributed by atoms with Gasteiger partial charge in [0.15, 0.2) is 5.78 Å². The van der Waals surface area contributed by atoms with Crippen LogP contribution in [-0.2, 0) is 6.42 Å². The van der Waals surface area contributed by atoms with Crippen molar-refractivity contribution in [1.82, 2.24) is 10.2 Å². The second-order valence-electron chi connectivity index (χ2n) is 3.55. The first-order valence-corrected chi connectivity index (χ1v) is 5.23. The highest BCUT2D eigenvalue weighted by atomic mass is 16.5. The molecule has 0 spiro atoms. The van der Waals surface area contributed by atoms with E-state index in [9.17, 15) is 4.79 Å². The van der Waals surface area contributed by atoms with Crippen LogP contribution in [-0.4, -0.2) is 23.1 Å². The van der Waals surface area contributed by atoms with Gasteiger partial charge in [-0.25, -0.2) is 0 Å². The normalized spacial score (nSPS) is 9.94. The Kier molecular flexibility index (Phi) is 3.45. The molecule has 1 aromatic heterocycles. The predicted octanol–water partition coefficient (Wildman–Crippen LogP) is 1.91. The number of rotatable bonds is 4. The monoisotopic (exact) mass is 228 g/mol. The summed E-state index contributed by atoms with van der Waals surface area (Å²) < 4.78 is 5.08. The second kappa shape index (κ2) is 5.21. The maximum atomic E-state index is 12.0. The van der Waals surface area contributed by atoms with Crippen molar-refractivity contribution < 1.29 is 9.53 Å². The number of hydrogen-bond acceptors (Lipinski definition) is 4. The summed E-state index contributed by atoms with van der Waals surface area (Å²) in [5, 5.41) is 7.62. The fraction of sp³-hybridized carbons (Fsp3) is 0.154. The predicted molar refractivity (Wildman–Crippen MR) is 63.1 cm³/mol. The average Bonchev–Trinajstić information content (AvgIpc) is 2.40. The number of Topliss-reactive ketones (excluding diaryl/α,β-unsaturated/α-hetero) is 1. The van der Waals surface area contributed by atoms with Gasteiger partial charge >= 0.3 is 0 Å². The third-order valence-electron chi connectivity index (χ3n) is 2.36. The lowest BCUT2D eigenvalue weighted by Gasteiger charge is -2.03. The number of aromatic nitrogens is 2. The molecule has 0 atom stereocenters. The van der Waals surface area contributed by atoms with E-state index in [-0.39, 0.29) is 12.2 Å². The second-order valence-corrected chi connectivity index (χ2v) is 3.55. The van der Waals surface area contributed by atoms with Gasteiger partial charge in [-0.3, -0.25) is 4.79 Å². The van der Waals surface area contributed by atoms with Crippen LogP contribution in [0.2, 0.25) is 0 Å². The van der Waals surface area contributed by atoms with Crippen molar-refractivity contribution in [3.8, 4) is 5.75 Å². The molecule has 0 saturated carbocycles. The lowest BCUT2D eigenvalue weighted by atomic mass is 10.1. The van der Waals surface area contributed by atoms with Gasteiger partial charge < -0.3 is 4.74 Å². The summed E-state index contributed by atoms with van der Waals surface area (Å²) in [6.45, 7) is 0. The van der Waals surface area contributed by atoms with Crippen LogP contribution < -0.4 is 4.74 Å². The van der Waals surface area contributed by atoms with Crippen LogP contribution in [0.5, 0.6) is 5.75 Å². The van der Waals surface area contributed by atoms with Crippen molar-refractivity contribution in [3.05, 3.63) is 53.9 Å². The molecule has 0 fully saturated rings. The third kappa shape index (κ3) is 2.87. The molecule has 0 aliphatic heterocycles. The Hall–Kier alpha value is -2.23. The summed E-state index contributed by atoms with van der Waals surface area (Å²) in [5.41, 5.74) is 1.29. The molecule has 1 aromatic carbocycles. The first-order valence-electron chi connectivity index (χ1n) is 5.23. The number of ether oxygens (including phenoxy) is 1. The van der Waals surface area contributed by atoms with Crippen LogP contribution >= 0.6 is 0 Å². The molecule has 0 amide bonds. The summed E-state index contributed by atoms with van der Waals surface area (Å²) in [7, 11) is 1.58. The van der Waals surface area contributed by atoms with E-state index in [1.807, 2.05) is 0 Å². The number of nitrogens with zero attached hydrogens (tertiary/aromatic N) is 2. The number of carbonyl (C=O) groups is 1. The van der Waals surface area contributed by atoms with Gasteiger partial charge in [0.1, 0.15) is 5.75 Å². The van der Waals surface area contributed by atoms with Crippen molar-refractivity contribution in [2.24, 2.45) is 0 Å². The van der Waals surface area contributed by atoms with Gasteiger partial charge in [-0.1, -0.05) is 12.1 Å². The van der Waals surface area contributed by atoms with E-state index in [4.69, 9.17) is 4.74 Å². The molecule has 0 unspecified atom stereocenters. The minimum absolute atomic E-state index is 0.00407. The smallest absolute Gasteiger partial charge is 0.169 e. The Balaban J connectivity index is 2.14. The number of methoxy groups -OCH3 is 1. The van der Waals surface area contributed by atoms with Crippen LogP contribution in [0, 0.1) is 0 Å². The summed E-state index contributed by atoms with van der Waals surface area (Å²) in [6.07, 6.45) is 1.83. The van der Waals surface area contributed by atoms with E-state index in [2.05, 4.69) is 10.2 Å². The fourth-order valence-electron chi connectivity index (χ4n) is 1.49. The molecule has 86 valence electrons. The molecule has 4 nitrogen and oxygen atoms in total. The first-order chi connectivity index (χ1) is 8.29. The molecule has 2 rings (SSSR count). The Labute approximate surface area is 99.3 Å². The van der Waals surface area contributed by atoms with Gasteiger partial charge in [0.05, 0.1) is 19.2 Å². The summed E-state index contributed by atoms with van der Waals surface area (Å²) in [6, 6.07) is 10.6. The van der Waals surface area contributed by atoms with Gasteiger partial charge in [-0.15, -0.1) is 0 Å². The Morgan fingerprint density at radius 2 is 2.18 bits per heavy atom. The molecule has 0 bridgehead atoms. The van der Waals surface area contributed by atoms with Crippen molar-refractivity contribution in [2.75, 3.05) is 7.11 Å². The van der Waals surface area contributed by atoms with Crippen LogP contribution in [0.3, 0.4) is 0 Å². The molecule has 17 heavy (non-hydrogen) atoms. The zero-order valence-corrected chi connectivity index (χ0v) is 9.46. The van der Waals surface area contributed by atoms with E-state index in [1.165, 1.54) is 0 Å². The number of hydrogen-bond donors (Lipinski definition) is 0. The molecule has 0 aliphatic carbocycles. The van der Waals surface area contributed by atoms with E-state index in [1.54, 1.807) is 49.7 Å². The maximum absolute atomic E-state index is 12.0. The highest BCUT2D eigenvalue weighted by molar-refractivity contribution is 5.97. The highest BCUT2D eigenvalue weighted by Gasteiger charge is 2.08. The zero-order chi connectivity index (χ0) is 12.1. The molecule has 0 radical (unpaired) electrons. The molecule has 0 N–H and O–H groups in total. The van der Waals surface area contributed by atoms with Crippen molar-refractivity contribution in [3.63, 3.8) is 0 Å². The Morgan fingerprint density at radius 3 is 2.88 bits per heavy atom. The van der Waals surface area contributed by atoms with Gasteiger partial charge in [0.25, 0.3) is 0 Å². The highest BCUT2D eigenvalue weighted by Crippen LogP contribution is 2.14. The van der Waals surface area contributed by atoms with Gasteiger partial charge in [0.2, 0.25) is 0 Å². The summed E-state index contributed by atoms with van der Waals surface area (Å²) in [4.78, 5) is 12.0. The van der Waals surface area contributed by atoms with Crippen molar-refractivity contribution >= 4 is 5.78 Å². The fourth-order valence-corrected chi connectivity index (χ4v) is 1.49. The lowest BCUT2D eigenvalue weighted by molar-refractivity contribution is 0.0991. The lowest BCUT2D eigenvalue weighted by Crippen LogP contribution is -2.05. The van der Waals surface area contributed by atoms with Gasteiger partial charge in [-0.2, -0.15) is 10.2 Å². The Bertz CT molecular complexity index is 512. The standard InChI is InChI=1S/C13H12N2O2/c1-17-12-6-2-4-10(8-12)13(16)9-11-5-3-7-14-15-11/h2-8H,9H2,1H3. The molecular formula is C13H12N2O2. The van der Waals surface area contributed by atoms with Crippen molar-refractivity contribution in [1.29, 1.82) is 0 Å². The van der Waals surface area contributed by atoms with E-state index >= 15 is 0 Å². The first kappa shape index (κ1) is 11.3. The van der Waals surface area contributed by atoms with E-state index in [0.717, 1.165) is 0 Å². The zero-order valence-electron chi connectivity index (χ0n) is 9.46. The number of benzene rings is 1. The van der Waals surface area contributed by atoms with Crippen LogP contribution in [0.15, 0.2) is 42.6 Å². The SMILES string of the molecule is COc1cccc(C(=O)Cc2cccnn2)c1. The molecular weight excluding hydrogens is 216 g/mol. The maximum Gasteiger partial charge on any atom is 0.169 e. The van der Waals surface area contributed by atoms with E-state index in [0.29, 0.717) is 17.0 Å². The van der Waals surface area contributed by atoms with E-state index < -0.39 is 0 Å². The molecule has 0 aliphatic rings. The number of carbonyl (C=O) groups excluding carboxylic acids is 1. The third-order valence-corrected chi connectivity index (χ3v) is 2.36.